The molecule has 0 unspecified atom stereocenters. The first-order valence-electron chi connectivity index (χ1n) is 7.49. The molecule has 122 valence electrons. The molecule has 2 rings (SSSR count). The molecule has 0 bridgehead atoms. The molecule has 0 saturated carbocycles. The minimum Gasteiger partial charge on any atom is -0.497 e. The predicted octanol–water partition coefficient (Wildman–Crippen LogP) is 3.59. The molecule has 0 radical (unpaired) electrons. The first-order valence-corrected chi connectivity index (χ1v) is 7.49. The Morgan fingerprint density at radius 1 is 1.00 bits per heavy atom. The first-order chi connectivity index (χ1) is 10.9. The molecule has 0 heterocycles. The highest BCUT2D eigenvalue weighted by Crippen LogP contribution is 2.24. The molecule has 4 heteroatoms. The predicted molar refractivity (Wildman–Crippen MR) is 91.3 cm³/mol. The summed E-state index contributed by atoms with van der Waals surface area (Å²) in [6.45, 7) is 4.69. The fraction of sp³-hybridized carbons (Fsp3) is 0.316. The second-order valence-electron chi connectivity index (χ2n) is 5.69. The number of benzene rings is 2. The van der Waals surface area contributed by atoms with Crippen molar-refractivity contribution in [3.63, 3.8) is 0 Å². The van der Waals surface area contributed by atoms with Crippen LogP contribution in [0.3, 0.4) is 0 Å². The van der Waals surface area contributed by atoms with Gasteiger partial charge in [-0.15, -0.1) is 0 Å². The van der Waals surface area contributed by atoms with Gasteiger partial charge in [0.25, 0.3) is 5.91 Å². The number of hydrogen-bond acceptors (Lipinski definition) is 3. The van der Waals surface area contributed by atoms with Gasteiger partial charge in [-0.25, -0.2) is 0 Å². The highest BCUT2D eigenvalue weighted by Gasteiger charge is 2.15. The molecule has 4 nitrogen and oxygen atoms in total. The molecule has 0 aliphatic heterocycles. The van der Waals surface area contributed by atoms with E-state index in [-0.39, 0.29) is 5.91 Å². The third-order valence-corrected chi connectivity index (χ3v) is 3.85. The van der Waals surface area contributed by atoms with E-state index < -0.39 is 0 Å². The molecule has 1 amide bonds. The van der Waals surface area contributed by atoms with Crippen LogP contribution in [0.1, 0.15) is 27.0 Å². The molecule has 0 aromatic heterocycles. The third kappa shape index (κ3) is 4.03. The van der Waals surface area contributed by atoms with E-state index in [0.717, 1.165) is 5.56 Å². The largest absolute Gasteiger partial charge is 0.497 e. The Kier molecular flexibility index (Phi) is 5.27. The van der Waals surface area contributed by atoms with Gasteiger partial charge in [0.2, 0.25) is 0 Å². The van der Waals surface area contributed by atoms with E-state index in [1.165, 1.54) is 11.1 Å². The SMILES string of the molecule is COc1cc(OC)cc(C(=O)N(C)Cc2ccc(C)cc2C)c1. The van der Waals surface area contributed by atoms with Crippen molar-refractivity contribution < 1.29 is 14.3 Å². The minimum absolute atomic E-state index is 0.0674. The summed E-state index contributed by atoms with van der Waals surface area (Å²) < 4.78 is 10.5. The molecule has 0 aliphatic carbocycles. The van der Waals surface area contributed by atoms with Crippen molar-refractivity contribution in [1.29, 1.82) is 0 Å². The van der Waals surface area contributed by atoms with Crippen molar-refractivity contribution in [2.45, 2.75) is 20.4 Å². The van der Waals surface area contributed by atoms with E-state index in [0.29, 0.717) is 23.6 Å². The van der Waals surface area contributed by atoms with Gasteiger partial charge in [0.15, 0.2) is 0 Å². The van der Waals surface area contributed by atoms with Gasteiger partial charge in [0.05, 0.1) is 14.2 Å². The first kappa shape index (κ1) is 16.9. The molecule has 0 atom stereocenters. The molecule has 0 fully saturated rings. The van der Waals surface area contributed by atoms with Gasteiger partial charge >= 0.3 is 0 Å². The lowest BCUT2D eigenvalue weighted by molar-refractivity contribution is 0.0784. The van der Waals surface area contributed by atoms with Crippen LogP contribution in [0.25, 0.3) is 0 Å². The van der Waals surface area contributed by atoms with E-state index in [1.807, 2.05) is 0 Å². The van der Waals surface area contributed by atoms with Crippen LogP contribution in [0.5, 0.6) is 11.5 Å². The Balaban J connectivity index is 2.22. The van der Waals surface area contributed by atoms with Crippen molar-refractivity contribution in [2.75, 3.05) is 21.3 Å². The molecule has 23 heavy (non-hydrogen) atoms. The Bertz CT molecular complexity index is 688. The second kappa shape index (κ2) is 7.18. The molecular formula is C19H23NO3. The monoisotopic (exact) mass is 313 g/mol. The summed E-state index contributed by atoms with van der Waals surface area (Å²) in [5.41, 5.74) is 4.10. The van der Waals surface area contributed by atoms with Crippen LogP contribution >= 0.6 is 0 Å². The fourth-order valence-corrected chi connectivity index (χ4v) is 2.50. The Morgan fingerprint density at radius 2 is 1.61 bits per heavy atom. The van der Waals surface area contributed by atoms with Gasteiger partial charge in [-0.05, 0) is 37.1 Å². The molecule has 0 saturated heterocycles. The summed E-state index contributed by atoms with van der Waals surface area (Å²) in [5, 5.41) is 0. The minimum atomic E-state index is -0.0674. The summed E-state index contributed by atoms with van der Waals surface area (Å²) in [5.74, 6) is 1.14. The zero-order valence-corrected chi connectivity index (χ0v) is 14.3. The molecule has 0 aliphatic rings. The van der Waals surface area contributed by atoms with Crippen molar-refractivity contribution in [2.24, 2.45) is 0 Å². The molecular weight excluding hydrogens is 290 g/mol. The van der Waals surface area contributed by atoms with E-state index in [2.05, 4.69) is 32.0 Å². The van der Waals surface area contributed by atoms with Gasteiger partial charge in [-0.1, -0.05) is 23.8 Å². The number of carbonyl (C=O) groups is 1. The standard InChI is InChI=1S/C19H23NO3/c1-13-6-7-15(14(2)8-13)12-20(3)19(21)16-9-17(22-4)11-18(10-16)23-5/h6-11H,12H2,1-5H3. The van der Waals surface area contributed by atoms with Crippen LogP contribution in [-0.4, -0.2) is 32.1 Å². The normalized spacial score (nSPS) is 10.3. The van der Waals surface area contributed by atoms with Crippen molar-refractivity contribution >= 4 is 5.91 Å². The highest BCUT2D eigenvalue weighted by atomic mass is 16.5. The van der Waals surface area contributed by atoms with Crippen LogP contribution < -0.4 is 9.47 Å². The number of amides is 1. The third-order valence-electron chi connectivity index (χ3n) is 3.85. The van der Waals surface area contributed by atoms with Crippen LogP contribution in [0, 0.1) is 13.8 Å². The number of ether oxygens (including phenoxy) is 2. The van der Waals surface area contributed by atoms with E-state index in [9.17, 15) is 4.79 Å². The maximum absolute atomic E-state index is 12.7. The lowest BCUT2D eigenvalue weighted by atomic mass is 10.1. The summed E-state index contributed by atoms with van der Waals surface area (Å²) >= 11 is 0. The Labute approximate surface area is 137 Å². The topological polar surface area (TPSA) is 38.8 Å². The van der Waals surface area contributed by atoms with Gasteiger partial charge in [0.1, 0.15) is 11.5 Å². The molecule has 0 N–H and O–H groups in total. The lowest BCUT2D eigenvalue weighted by Crippen LogP contribution is -2.26. The van der Waals surface area contributed by atoms with Gasteiger partial charge in [-0.2, -0.15) is 0 Å². The maximum Gasteiger partial charge on any atom is 0.254 e. The van der Waals surface area contributed by atoms with Gasteiger partial charge in [0, 0.05) is 25.2 Å². The second-order valence-corrected chi connectivity index (χ2v) is 5.69. The van der Waals surface area contributed by atoms with Crippen LogP contribution in [0.2, 0.25) is 0 Å². The Hall–Kier alpha value is -2.49. The zero-order chi connectivity index (χ0) is 17.0. The summed E-state index contributed by atoms with van der Waals surface area (Å²) in [4.78, 5) is 14.4. The van der Waals surface area contributed by atoms with E-state index >= 15 is 0 Å². The molecule has 0 spiro atoms. The summed E-state index contributed by atoms with van der Waals surface area (Å²) in [7, 11) is 4.94. The van der Waals surface area contributed by atoms with E-state index in [4.69, 9.17) is 9.47 Å². The smallest absolute Gasteiger partial charge is 0.254 e. The van der Waals surface area contributed by atoms with Crippen molar-refractivity contribution in [1.82, 2.24) is 4.90 Å². The molecule has 2 aromatic rings. The summed E-state index contributed by atoms with van der Waals surface area (Å²) in [6.07, 6.45) is 0. The van der Waals surface area contributed by atoms with Crippen LogP contribution in [0.4, 0.5) is 0 Å². The highest BCUT2D eigenvalue weighted by molar-refractivity contribution is 5.95. The number of carbonyl (C=O) groups excluding carboxylic acids is 1. The maximum atomic E-state index is 12.7. The number of aryl methyl sites for hydroxylation is 2. The van der Waals surface area contributed by atoms with Gasteiger partial charge < -0.3 is 14.4 Å². The zero-order valence-electron chi connectivity index (χ0n) is 14.3. The van der Waals surface area contributed by atoms with Crippen molar-refractivity contribution in [3.05, 3.63) is 58.7 Å². The molecule has 2 aromatic carbocycles. The average molecular weight is 313 g/mol. The Morgan fingerprint density at radius 3 is 2.13 bits per heavy atom. The van der Waals surface area contributed by atoms with Crippen molar-refractivity contribution in [3.8, 4) is 11.5 Å². The number of hydrogen-bond donors (Lipinski definition) is 0. The van der Waals surface area contributed by atoms with E-state index in [1.54, 1.807) is 44.4 Å². The fourth-order valence-electron chi connectivity index (χ4n) is 2.50. The van der Waals surface area contributed by atoms with Crippen LogP contribution in [0.15, 0.2) is 36.4 Å². The number of rotatable bonds is 5. The van der Waals surface area contributed by atoms with Gasteiger partial charge in [-0.3, -0.25) is 4.79 Å². The number of nitrogens with zero attached hydrogens (tertiary/aromatic N) is 1. The average Bonchev–Trinajstić information content (AvgIpc) is 2.55. The summed E-state index contributed by atoms with van der Waals surface area (Å²) in [6, 6.07) is 11.5. The quantitative estimate of drug-likeness (QED) is 0.846. The van der Waals surface area contributed by atoms with Crippen LogP contribution in [-0.2, 0) is 6.54 Å². The number of methoxy groups -OCH3 is 2. The lowest BCUT2D eigenvalue weighted by Gasteiger charge is -2.19.